The summed E-state index contributed by atoms with van der Waals surface area (Å²) in [5.74, 6) is 2.50. The molecule has 0 radical (unpaired) electrons. The summed E-state index contributed by atoms with van der Waals surface area (Å²) < 4.78 is 5.58. The van der Waals surface area contributed by atoms with Gasteiger partial charge < -0.3 is 4.42 Å². The summed E-state index contributed by atoms with van der Waals surface area (Å²) in [5.41, 5.74) is 2.84. The zero-order chi connectivity index (χ0) is 17.8. The summed E-state index contributed by atoms with van der Waals surface area (Å²) in [7, 11) is 0. The normalized spacial score (nSPS) is 18.4. The number of aromatic nitrogens is 2. The molecule has 1 aromatic heterocycles. The lowest BCUT2D eigenvalue weighted by molar-refractivity contribution is 0.329. The van der Waals surface area contributed by atoms with Gasteiger partial charge in [-0.1, -0.05) is 57.4 Å². The van der Waals surface area contributed by atoms with Crippen LogP contribution in [0.2, 0.25) is 0 Å². The predicted octanol–water partition coefficient (Wildman–Crippen LogP) is 5.47. The minimum atomic E-state index is 0.0339. The van der Waals surface area contributed by atoms with E-state index in [2.05, 4.69) is 60.6 Å². The fourth-order valence-corrected chi connectivity index (χ4v) is 3.91. The van der Waals surface area contributed by atoms with Gasteiger partial charge in [0.25, 0.3) is 0 Å². The van der Waals surface area contributed by atoms with E-state index in [0.717, 1.165) is 5.92 Å². The molecule has 4 nitrogen and oxygen atoms in total. The second-order valence-corrected chi connectivity index (χ2v) is 7.77. The largest absolute Gasteiger partial charge is 0.424 e. The molecular weight excluding hydrogens is 310 g/mol. The van der Waals surface area contributed by atoms with Crippen LogP contribution in [0.25, 0.3) is 0 Å². The number of nitrogens with one attached hydrogen (secondary N) is 1. The molecule has 1 N–H and O–H groups in total. The van der Waals surface area contributed by atoms with Crippen molar-refractivity contribution >= 4 is 0 Å². The van der Waals surface area contributed by atoms with Crippen LogP contribution in [0.5, 0.6) is 0 Å². The highest BCUT2D eigenvalue weighted by Crippen LogP contribution is 2.34. The van der Waals surface area contributed by atoms with Crippen LogP contribution in [0.1, 0.15) is 93.8 Å². The lowest BCUT2D eigenvalue weighted by Crippen LogP contribution is -2.28. The van der Waals surface area contributed by atoms with Gasteiger partial charge in [0.05, 0.1) is 6.04 Å². The first kappa shape index (κ1) is 18.1. The lowest BCUT2D eigenvalue weighted by Gasteiger charge is -2.27. The maximum atomic E-state index is 5.58. The van der Waals surface area contributed by atoms with Crippen LogP contribution in [-0.2, 0) is 0 Å². The molecule has 1 aromatic carbocycles. The molecule has 0 spiro atoms. The van der Waals surface area contributed by atoms with Crippen LogP contribution >= 0.6 is 0 Å². The van der Waals surface area contributed by atoms with Gasteiger partial charge in [0.2, 0.25) is 11.8 Å². The van der Waals surface area contributed by atoms with E-state index >= 15 is 0 Å². The fraction of sp³-hybridized carbons (Fsp3) is 0.619. The summed E-state index contributed by atoms with van der Waals surface area (Å²) in [5, 5.41) is 11.8. The Bertz CT molecular complexity index is 656. The van der Waals surface area contributed by atoms with Gasteiger partial charge in [-0.05, 0) is 42.7 Å². The molecule has 136 valence electrons. The van der Waals surface area contributed by atoms with Gasteiger partial charge in [-0.25, -0.2) is 0 Å². The highest BCUT2D eigenvalue weighted by Gasteiger charge is 2.22. The summed E-state index contributed by atoms with van der Waals surface area (Å²) in [4.78, 5) is 0. The summed E-state index contributed by atoms with van der Waals surface area (Å²) in [6.07, 6.45) is 6.85. The number of benzene rings is 1. The van der Waals surface area contributed by atoms with Crippen molar-refractivity contribution in [3.8, 4) is 0 Å². The van der Waals surface area contributed by atoms with Crippen LogP contribution in [0.3, 0.4) is 0 Å². The Morgan fingerprint density at radius 1 is 1.00 bits per heavy atom. The Morgan fingerprint density at radius 3 is 2.24 bits per heavy atom. The van der Waals surface area contributed by atoms with E-state index in [9.17, 15) is 0 Å². The molecule has 1 aliphatic carbocycles. The average Bonchev–Trinajstić information content (AvgIpc) is 3.07. The van der Waals surface area contributed by atoms with E-state index in [-0.39, 0.29) is 12.1 Å². The number of nitrogens with zero attached hydrogens (tertiary/aromatic N) is 2. The lowest BCUT2D eigenvalue weighted by atomic mass is 9.83. The summed E-state index contributed by atoms with van der Waals surface area (Å²) in [6.45, 7) is 8.41. The highest BCUT2D eigenvalue weighted by atomic mass is 16.4. The smallest absolute Gasteiger partial charge is 0.233 e. The third-order valence-corrected chi connectivity index (χ3v) is 5.38. The first-order valence-corrected chi connectivity index (χ1v) is 9.70. The molecular formula is C21H31N3O. The van der Waals surface area contributed by atoms with Crippen molar-refractivity contribution in [3.05, 3.63) is 47.2 Å². The Kier molecular flexibility index (Phi) is 5.89. The van der Waals surface area contributed by atoms with Crippen molar-refractivity contribution in [2.45, 2.75) is 77.8 Å². The standard InChI is InChI=1S/C21H31N3O/c1-14(2)20(22-15(3)21-24-23-16(4)25-21)19-12-10-18(11-13-19)17-8-6-5-7-9-17/h10-15,17,20,22H,5-9H2,1-4H3/t15-,20+/m0/s1. The van der Waals surface area contributed by atoms with E-state index in [1.807, 2.05) is 6.92 Å². The second kappa shape index (κ2) is 8.13. The molecule has 1 saturated carbocycles. The fourth-order valence-electron chi connectivity index (χ4n) is 3.91. The molecule has 0 aliphatic heterocycles. The molecule has 2 aromatic rings. The second-order valence-electron chi connectivity index (χ2n) is 7.77. The highest BCUT2D eigenvalue weighted by molar-refractivity contribution is 5.28. The van der Waals surface area contributed by atoms with Crippen LogP contribution in [0.4, 0.5) is 0 Å². The Morgan fingerprint density at radius 2 is 1.68 bits per heavy atom. The average molecular weight is 341 g/mol. The maximum absolute atomic E-state index is 5.58. The quantitative estimate of drug-likeness (QED) is 0.756. The van der Waals surface area contributed by atoms with Crippen LogP contribution in [0.15, 0.2) is 28.7 Å². The van der Waals surface area contributed by atoms with Crippen molar-refractivity contribution in [2.75, 3.05) is 0 Å². The van der Waals surface area contributed by atoms with E-state index in [1.165, 1.54) is 43.2 Å². The van der Waals surface area contributed by atoms with Gasteiger partial charge in [0.15, 0.2) is 0 Å². The van der Waals surface area contributed by atoms with Crippen LogP contribution in [-0.4, -0.2) is 10.2 Å². The molecule has 4 heteroatoms. The van der Waals surface area contributed by atoms with Gasteiger partial charge in [-0.3, -0.25) is 5.32 Å². The summed E-state index contributed by atoms with van der Waals surface area (Å²) >= 11 is 0. The van der Waals surface area contributed by atoms with Crippen LogP contribution < -0.4 is 5.32 Å². The first-order valence-electron chi connectivity index (χ1n) is 9.70. The minimum Gasteiger partial charge on any atom is -0.424 e. The zero-order valence-electron chi connectivity index (χ0n) is 16.0. The Hall–Kier alpha value is -1.68. The molecule has 0 unspecified atom stereocenters. The van der Waals surface area contributed by atoms with Crippen molar-refractivity contribution in [3.63, 3.8) is 0 Å². The van der Waals surface area contributed by atoms with E-state index < -0.39 is 0 Å². The van der Waals surface area contributed by atoms with Gasteiger partial charge in [0, 0.05) is 13.0 Å². The van der Waals surface area contributed by atoms with E-state index in [0.29, 0.717) is 17.7 Å². The first-order chi connectivity index (χ1) is 12.0. The molecule has 3 rings (SSSR count). The zero-order valence-corrected chi connectivity index (χ0v) is 16.0. The molecule has 0 amide bonds. The Labute approximate surface area is 151 Å². The van der Waals surface area contributed by atoms with Gasteiger partial charge in [-0.15, -0.1) is 10.2 Å². The molecule has 25 heavy (non-hydrogen) atoms. The SMILES string of the molecule is Cc1nnc([C@H](C)N[C@@H](c2ccc(C3CCCCC3)cc2)C(C)C)o1. The van der Waals surface area contributed by atoms with E-state index in [1.54, 1.807) is 0 Å². The third-order valence-electron chi connectivity index (χ3n) is 5.38. The third kappa shape index (κ3) is 4.49. The summed E-state index contributed by atoms with van der Waals surface area (Å²) in [6, 6.07) is 9.57. The van der Waals surface area contributed by atoms with Gasteiger partial charge in [0.1, 0.15) is 0 Å². The van der Waals surface area contributed by atoms with Crippen molar-refractivity contribution < 1.29 is 4.42 Å². The molecule has 1 fully saturated rings. The molecule has 0 bridgehead atoms. The maximum Gasteiger partial charge on any atom is 0.233 e. The number of aryl methyl sites for hydroxylation is 1. The molecule has 0 saturated heterocycles. The van der Waals surface area contributed by atoms with Crippen molar-refractivity contribution in [1.82, 2.24) is 15.5 Å². The van der Waals surface area contributed by atoms with Gasteiger partial charge in [-0.2, -0.15) is 0 Å². The predicted molar refractivity (Wildman–Crippen MR) is 100 cm³/mol. The monoisotopic (exact) mass is 341 g/mol. The Balaban J connectivity index is 1.71. The minimum absolute atomic E-state index is 0.0339. The van der Waals surface area contributed by atoms with E-state index in [4.69, 9.17) is 4.42 Å². The number of hydrogen-bond acceptors (Lipinski definition) is 4. The van der Waals surface area contributed by atoms with Crippen LogP contribution in [0, 0.1) is 12.8 Å². The molecule has 2 atom stereocenters. The van der Waals surface area contributed by atoms with Gasteiger partial charge >= 0.3 is 0 Å². The van der Waals surface area contributed by atoms with Crippen molar-refractivity contribution in [1.29, 1.82) is 0 Å². The topological polar surface area (TPSA) is 51.0 Å². The molecule has 1 aliphatic rings. The number of rotatable bonds is 6. The number of hydrogen-bond donors (Lipinski definition) is 1. The molecule has 1 heterocycles. The van der Waals surface area contributed by atoms with Crippen molar-refractivity contribution in [2.24, 2.45) is 5.92 Å².